The van der Waals surface area contributed by atoms with Crippen LogP contribution in [0.1, 0.15) is 17.5 Å². The number of benzene rings is 3. The van der Waals surface area contributed by atoms with Crippen LogP contribution >= 0.6 is 11.6 Å². The number of para-hydroxylation sites is 2. The van der Waals surface area contributed by atoms with Crippen molar-refractivity contribution < 1.29 is 9.59 Å². The molecule has 0 bridgehead atoms. The summed E-state index contributed by atoms with van der Waals surface area (Å²) < 4.78 is 0. The normalized spacial score (nSPS) is 13.3. The van der Waals surface area contributed by atoms with Crippen LogP contribution in [0.3, 0.4) is 0 Å². The van der Waals surface area contributed by atoms with Crippen molar-refractivity contribution in [3.05, 3.63) is 88.9 Å². The predicted molar refractivity (Wildman–Crippen MR) is 121 cm³/mol. The Morgan fingerprint density at radius 1 is 1.07 bits per heavy atom. The summed E-state index contributed by atoms with van der Waals surface area (Å²) in [6, 6.07) is 22.2. The molecule has 0 aliphatic carbocycles. The molecule has 0 fully saturated rings. The fraction of sp³-hybridized carbons (Fsp3) is 0.125. The lowest BCUT2D eigenvalue weighted by molar-refractivity contribution is -0.120. The second-order valence-electron chi connectivity index (χ2n) is 7.13. The third-order valence-corrected chi connectivity index (χ3v) is 5.08. The molecular formula is C24H20ClN3O2. The summed E-state index contributed by atoms with van der Waals surface area (Å²) >= 11 is 5.98. The number of carbonyl (C=O) groups excluding carboxylic acids is 2. The molecule has 5 nitrogen and oxygen atoms in total. The van der Waals surface area contributed by atoms with E-state index in [0.717, 1.165) is 11.1 Å². The second-order valence-corrected chi connectivity index (χ2v) is 7.56. The van der Waals surface area contributed by atoms with Crippen molar-refractivity contribution in [1.82, 2.24) is 0 Å². The number of nitrogens with one attached hydrogen (secondary N) is 1. The summed E-state index contributed by atoms with van der Waals surface area (Å²) in [7, 11) is 0. The van der Waals surface area contributed by atoms with Crippen molar-refractivity contribution in [2.24, 2.45) is 4.99 Å². The highest BCUT2D eigenvalue weighted by atomic mass is 35.5. The Labute approximate surface area is 180 Å². The first-order valence-electron chi connectivity index (χ1n) is 9.59. The topological polar surface area (TPSA) is 61.8 Å². The first kappa shape index (κ1) is 19.9. The maximum absolute atomic E-state index is 13.1. The summed E-state index contributed by atoms with van der Waals surface area (Å²) in [4.78, 5) is 32.0. The third kappa shape index (κ3) is 4.42. The van der Waals surface area contributed by atoms with Crippen LogP contribution in [0.2, 0.25) is 5.02 Å². The Kier molecular flexibility index (Phi) is 5.63. The maximum Gasteiger partial charge on any atom is 0.244 e. The first-order valence-corrected chi connectivity index (χ1v) is 9.97. The lowest BCUT2D eigenvalue weighted by Gasteiger charge is -2.22. The molecule has 30 heavy (non-hydrogen) atoms. The van der Waals surface area contributed by atoms with Gasteiger partial charge < -0.3 is 10.2 Å². The second kappa shape index (κ2) is 8.51. The van der Waals surface area contributed by atoms with E-state index in [1.165, 1.54) is 4.90 Å². The van der Waals surface area contributed by atoms with Gasteiger partial charge in [0.25, 0.3) is 0 Å². The van der Waals surface area contributed by atoms with E-state index in [9.17, 15) is 9.59 Å². The maximum atomic E-state index is 13.1. The van der Waals surface area contributed by atoms with Crippen LogP contribution in [0, 0.1) is 6.92 Å². The average molecular weight is 418 g/mol. The van der Waals surface area contributed by atoms with Crippen molar-refractivity contribution in [3.8, 4) is 0 Å². The molecule has 3 aromatic rings. The molecule has 0 spiro atoms. The molecular weight excluding hydrogens is 398 g/mol. The highest BCUT2D eigenvalue weighted by Gasteiger charge is 2.26. The minimum absolute atomic E-state index is 0.112. The third-order valence-electron chi connectivity index (χ3n) is 4.84. The molecule has 1 heterocycles. The van der Waals surface area contributed by atoms with E-state index in [1.807, 2.05) is 55.5 Å². The molecule has 1 N–H and O–H groups in total. The first-order chi connectivity index (χ1) is 14.5. The molecule has 1 aliphatic heterocycles. The number of amides is 2. The van der Waals surface area contributed by atoms with Crippen LogP contribution < -0.4 is 10.2 Å². The van der Waals surface area contributed by atoms with Crippen LogP contribution in [0.5, 0.6) is 0 Å². The Balaban J connectivity index is 1.61. The summed E-state index contributed by atoms with van der Waals surface area (Å²) in [5, 5.41) is 3.32. The molecule has 0 unspecified atom stereocenters. The van der Waals surface area contributed by atoms with E-state index in [0.29, 0.717) is 27.8 Å². The SMILES string of the molecule is Cc1ccc(C2=Nc3ccccc3N(CC(=O)Nc3cccc(Cl)c3)C(=O)C2)cc1. The van der Waals surface area contributed by atoms with E-state index < -0.39 is 0 Å². The number of anilines is 2. The van der Waals surface area contributed by atoms with Gasteiger partial charge in [-0.15, -0.1) is 0 Å². The van der Waals surface area contributed by atoms with E-state index in [1.54, 1.807) is 24.3 Å². The predicted octanol–water partition coefficient (Wildman–Crippen LogP) is 5.14. The van der Waals surface area contributed by atoms with E-state index >= 15 is 0 Å². The van der Waals surface area contributed by atoms with Crippen LogP contribution in [-0.4, -0.2) is 24.1 Å². The quantitative estimate of drug-likeness (QED) is 0.638. The number of carbonyl (C=O) groups is 2. The van der Waals surface area contributed by atoms with Gasteiger partial charge in [0.1, 0.15) is 6.54 Å². The fourth-order valence-corrected chi connectivity index (χ4v) is 3.53. The van der Waals surface area contributed by atoms with Crippen molar-refractivity contribution in [2.45, 2.75) is 13.3 Å². The Morgan fingerprint density at radius 2 is 1.83 bits per heavy atom. The van der Waals surface area contributed by atoms with Gasteiger partial charge in [0.15, 0.2) is 0 Å². The molecule has 0 saturated heterocycles. The molecule has 1 aliphatic rings. The number of hydrogen-bond donors (Lipinski definition) is 1. The summed E-state index contributed by atoms with van der Waals surface area (Å²) in [6.45, 7) is 1.90. The zero-order valence-corrected chi connectivity index (χ0v) is 17.2. The van der Waals surface area contributed by atoms with Gasteiger partial charge in [-0.1, -0.05) is 59.6 Å². The molecule has 4 rings (SSSR count). The molecule has 0 saturated carbocycles. The number of aryl methyl sites for hydroxylation is 1. The number of rotatable bonds is 4. The summed E-state index contributed by atoms with van der Waals surface area (Å²) in [5.74, 6) is -0.486. The van der Waals surface area contributed by atoms with Gasteiger partial charge in [0.05, 0.1) is 23.5 Å². The molecule has 0 atom stereocenters. The van der Waals surface area contributed by atoms with Gasteiger partial charge >= 0.3 is 0 Å². The van der Waals surface area contributed by atoms with E-state index in [4.69, 9.17) is 16.6 Å². The van der Waals surface area contributed by atoms with Crippen LogP contribution in [0.25, 0.3) is 0 Å². The number of fused-ring (bicyclic) bond motifs is 1. The number of halogens is 1. The molecule has 0 radical (unpaired) electrons. The Hall–Kier alpha value is -3.44. The van der Waals surface area contributed by atoms with Crippen LogP contribution in [-0.2, 0) is 9.59 Å². The van der Waals surface area contributed by atoms with Gasteiger partial charge in [-0.3, -0.25) is 14.6 Å². The fourth-order valence-electron chi connectivity index (χ4n) is 3.34. The van der Waals surface area contributed by atoms with E-state index in [2.05, 4.69) is 5.32 Å². The largest absolute Gasteiger partial charge is 0.324 e. The number of hydrogen-bond acceptors (Lipinski definition) is 3. The Bertz CT molecular complexity index is 1140. The molecule has 6 heteroatoms. The average Bonchev–Trinajstić information content (AvgIpc) is 2.85. The minimum Gasteiger partial charge on any atom is -0.324 e. The lowest BCUT2D eigenvalue weighted by atomic mass is 10.1. The lowest BCUT2D eigenvalue weighted by Crippen LogP contribution is -2.38. The standard InChI is InChI=1S/C24H20ClN3O2/c1-16-9-11-17(12-10-16)21-14-24(30)28(22-8-3-2-7-20(22)27-21)15-23(29)26-19-6-4-5-18(25)13-19/h2-13H,14-15H2,1H3,(H,26,29). The monoisotopic (exact) mass is 417 g/mol. The highest BCUT2D eigenvalue weighted by molar-refractivity contribution is 6.31. The van der Waals surface area contributed by atoms with Gasteiger partial charge in [0.2, 0.25) is 11.8 Å². The van der Waals surface area contributed by atoms with Crippen molar-refractivity contribution in [2.75, 3.05) is 16.8 Å². The van der Waals surface area contributed by atoms with E-state index in [-0.39, 0.29) is 24.8 Å². The van der Waals surface area contributed by atoms with Crippen LogP contribution in [0.4, 0.5) is 17.1 Å². The van der Waals surface area contributed by atoms with Crippen molar-refractivity contribution in [1.29, 1.82) is 0 Å². The Morgan fingerprint density at radius 3 is 2.60 bits per heavy atom. The molecule has 3 aromatic carbocycles. The van der Waals surface area contributed by atoms with Crippen LogP contribution in [0.15, 0.2) is 77.8 Å². The van der Waals surface area contributed by atoms with Crippen molar-refractivity contribution >= 4 is 46.2 Å². The summed E-state index contributed by atoms with van der Waals surface area (Å²) in [5.41, 5.74) is 4.58. The van der Waals surface area contributed by atoms with Crippen molar-refractivity contribution in [3.63, 3.8) is 0 Å². The molecule has 150 valence electrons. The van der Waals surface area contributed by atoms with Gasteiger partial charge in [0, 0.05) is 10.7 Å². The highest BCUT2D eigenvalue weighted by Crippen LogP contribution is 2.33. The van der Waals surface area contributed by atoms with Gasteiger partial charge in [-0.25, -0.2) is 0 Å². The zero-order chi connectivity index (χ0) is 21.1. The van der Waals surface area contributed by atoms with Gasteiger partial charge in [-0.2, -0.15) is 0 Å². The van der Waals surface area contributed by atoms with Gasteiger partial charge in [-0.05, 0) is 42.8 Å². The molecule has 0 aromatic heterocycles. The zero-order valence-electron chi connectivity index (χ0n) is 16.4. The smallest absolute Gasteiger partial charge is 0.244 e. The molecule has 2 amide bonds. The minimum atomic E-state index is -0.306. The summed E-state index contributed by atoms with van der Waals surface area (Å²) in [6.07, 6.45) is 0.113. The number of nitrogens with zero attached hydrogens (tertiary/aromatic N) is 2. The number of aliphatic imine (C=N–C) groups is 1.